The normalized spacial score (nSPS) is 11.2. The number of rotatable bonds is 6. The molecule has 0 aliphatic rings. The standard InChI is InChI=1S/C21H22ClN3O/c1-4-25(5-2)21-16-10-8-12-18(26-3)20(16)23-19(24-21)14-13-15-9-6-7-11-17(15)22/h6-14H,4-5H2,1-3H3. The van der Waals surface area contributed by atoms with Gasteiger partial charge in [0, 0.05) is 23.5 Å². The summed E-state index contributed by atoms with van der Waals surface area (Å²) in [4.78, 5) is 11.7. The van der Waals surface area contributed by atoms with Crippen LogP contribution in [0.15, 0.2) is 42.5 Å². The van der Waals surface area contributed by atoms with Crippen molar-refractivity contribution in [3.8, 4) is 5.75 Å². The molecule has 0 unspecified atom stereocenters. The summed E-state index contributed by atoms with van der Waals surface area (Å²) in [5.74, 6) is 2.28. The Morgan fingerprint density at radius 1 is 1.00 bits per heavy atom. The molecule has 3 aromatic rings. The summed E-state index contributed by atoms with van der Waals surface area (Å²) in [5.41, 5.74) is 1.74. The van der Waals surface area contributed by atoms with Crippen molar-refractivity contribution in [2.75, 3.05) is 25.1 Å². The van der Waals surface area contributed by atoms with Crippen LogP contribution in [0.25, 0.3) is 23.1 Å². The molecule has 0 radical (unpaired) electrons. The third-order valence-corrected chi connectivity index (χ3v) is 4.63. The maximum Gasteiger partial charge on any atom is 0.155 e. The first kappa shape index (κ1) is 18.2. The summed E-state index contributed by atoms with van der Waals surface area (Å²) >= 11 is 6.24. The largest absolute Gasteiger partial charge is 0.494 e. The number of hydrogen-bond acceptors (Lipinski definition) is 4. The first-order valence-corrected chi connectivity index (χ1v) is 9.08. The Hall–Kier alpha value is -2.59. The molecule has 1 heterocycles. The Labute approximate surface area is 159 Å². The number of halogens is 1. The van der Waals surface area contributed by atoms with E-state index in [0.717, 1.165) is 41.1 Å². The maximum absolute atomic E-state index is 6.24. The molecule has 0 aliphatic heterocycles. The molecule has 4 nitrogen and oxygen atoms in total. The van der Waals surface area contributed by atoms with Crippen LogP contribution in [0, 0.1) is 0 Å². The van der Waals surface area contributed by atoms with Gasteiger partial charge in [0.05, 0.1) is 7.11 Å². The van der Waals surface area contributed by atoms with Gasteiger partial charge in [0.15, 0.2) is 5.82 Å². The zero-order valence-electron chi connectivity index (χ0n) is 15.2. The maximum atomic E-state index is 6.24. The minimum absolute atomic E-state index is 0.629. The Morgan fingerprint density at radius 3 is 2.46 bits per heavy atom. The quantitative estimate of drug-likeness (QED) is 0.591. The van der Waals surface area contributed by atoms with E-state index in [9.17, 15) is 0 Å². The van der Waals surface area contributed by atoms with E-state index >= 15 is 0 Å². The second kappa shape index (κ2) is 8.19. The summed E-state index contributed by atoms with van der Waals surface area (Å²) in [6.07, 6.45) is 3.82. The predicted molar refractivity (Wildman–Crippen MR) is 110 cm³/mol. The Balaban J connectivity index is 2.15. The molecule has 1 aromatic heterocycles. The number of ether oxygens (including phenoxy) is 1. The van der Waals surface area contributed by atoms with Crippen LogP contribution in [0.2, 0.25) is 5.02 Å². The monoisotopic (exact) mass is 367 g/mol. The van der Waals surface area contributed by atoms with Gasteiger partial charge in [0.25, 0.3) is 0 Å². The minimum Gasteiger partial charge on any atom is -0.494 e. The van der Waals surface area contributed by atoms with E-state index in [2.05, 4.69) is 18.7 Å². The lowest BCUT2D eigenvalue weighted by atomic mass is 10.2. The van der Waals surface area contributed by atoms with Gasteiger partial charge >= 0.3 is 0 Å². The number of benzene rings is 2. The van der Waals surface area contributed by atoms with Gasteiger partial charge in [-0.05, 0) is 49.8 Å². The van der Waals surface area contributed by atoms with Gasteiger partial charge in [0.2, 0.25) is 0 Å². The van der Waals surface area contributed by atoms with E-state index < -0.39 is 0 Å². The molecule has 134 valence electrons. The van der Waals surface area contributed by atoms with Gasteiger partial charge in [-0.25, -0.2) is 9.97 Å². The van der Waals surface area contributed by atoms with Crippen molar-refractivity contribution in [1.82, 2.24) is 9.97 Å². The van der Waals surface area contributed by atoms with E-state index in [1.165, 1.54) is 0 Å². The molecule has 2 aromatic carbocycles. The summed E-state index contributed by atoms with van der Waals surface area (Å²) in [7, 11) is 1.66. The molecule has 0 spiro atoms. The molecule has 26 heavy (non-hydrogen) atoms. The second-order valence-corrected chi connectivity index (χ2v) is 6.20. The molecular formula is C21H22ClN3O. The lowest BCUT2D eigenvalue weighted by Gasteiger charge is -2.22. The molecule has 0 N–H and O–H groups in total. The third-order valence-electron chi connectivity index (χ3n) is 4.29. The van der Waals surface area contributed by atoms with Gasteiger partial charge in [-0.1, -0.05) is 35.9 Å². The van der Waals surface area contributed by atoms with Crippen molar-refractivity contribution < 1.29 is 4.74 Å². The van der Waals surface area contributed by atoms with E-state index in [1.807, 2.05) is 54.6 Å². The number of aromatic nitrogens is 2. The fraction of sp³-hybridized carbons (Fsp3) is 0.238. The van der Waals surface area contributed by atoms with E-state index in [0.29, 0.717) is 10.8 Å². The van der Waals surface area contributed by atoms with Crippen molar-refractivity contribution in [3.05, 3.63) is 58.9 Å². The van der Waals surface area contributed by atoms with Crippen LogP contribution in [-0.4, -0.2) is 30.2 Å². The first-order chi connectivity index (χ1) is 12.7. The zero-order valence-corrected chi connectivity index (χ0v) is 16.0. The Morgan fingerprint density at radius 2 is 1.77 bits per heavy atom. The van der Waals surface area contributed by atoms with Crippen LogP contribution in [0.3, 0.4) is 0 Å². The van der Waals surface area contributed by atoms with Crippen LogP contribution in [-0.2, 0) is 0 Å². The molecule has 0 amide bonds. The summed E-state index contributed by atoms with van der Waals surface area (Å²) in [5, 5.41) is 1.69. The van der Waals surface area contributed by atoms with Crippen LogP contribution in [0.1, 0.15) is 25.2 Å². The summed E-state index contributed by atoms with van der Waals surface area (Å²) in [6, 6.07) is 13.6. The molecule has 0 atom stereocenters. The second-order valence-electron chi connectivity index (χ2n) is 5.79. The molecular weight excluding hydrogens is 346 g/mol. The summed E-state index contributed by atoms with van der Waals surface area (Å²) in [6.45, 7) is 5.98. The highest BCUT2D eigenvalue weighted by Gasteiger charge is 2.14. The molecule has 5 heteroatoms. The average molecular weight is 368 g/mol. The van der Waals surface area contributed by atoms with E-state index in [-0.39, 0.29) is 0 Å². The number of anilines is 1. The van der Waals surface area contributed by atoms with Crippen LogP contribution >= 0.6 is 11.6 Å². The molecule has 0 saturated carbocycles. The highest BCUT2D eigenvalue weighted by atomic mass is 35.5. The lowest BCUT2D eigenvalue weighted by Crippen LogP contribution is -2.23. The fourth-order valence-corrected chi connectivity index (χ4v) is 3.10. The third kappa shape index (κ3) is 3.65. The Bertz CT molecular complexity index is 936. The van der Waals surface area contributed by atoms with Gasteiger partial charge in [-0.15, -0.1) is 0 Å². The van der Waals surface area contributed by atoms with Gasteiger partial charge in [-0.2, -0.15) is 0 Å². The molecule has 3 rings (SSSR count). The number of methoxy groups -OCH3 is 1. The first-order valence-electron chi connectivity index (χ1n) is 8.70. The van der Waals surface area contributed by atoms with Crippen molar-refractivity contribution in [2.45, 2.75) is 13.8 Å². The minimum atomic E-state index is 0.629. The van der Waals surface area contributed by atoms with Crippen LogP contribution in [0.5, 0.6) is 5.75 Å². The van der Waals surface area contributed by atoms with E-state index in [4.69, 9.17) is 26.3 Å². The number of hydrogen-bond donors (Lipinski definition) is 0. The topological polar surface area (TPSA) is 38.2 Å². The molecule has 0 fully saturated rings. The average Bonchev–Trinajstić information content (AvgIpc) is 2.67. The number of fused-ring (bicyclic) bond motifs is 1. The highest BCUT2D eigenvalue weighted by molar-refractivity contribution is 6.32. The van der Waals surface area contributed by atoms with Gasteiger partial charge in [0.1, 0.15) is 17.1 Å². The fourth-order valence-electron chi connectivity index (χ4n) is 2.90. The van der Waals surface area contributed by atoms with Crippen molar-refractivity contribution in [3.63, 3.8) is 0 Å². The van der Waals surface area contributed by atoms with Crippen LogP contribution in [0.4, 0.5) is 5.82 Å². The van der Waals surface area contributed by atoms with Crippen molar-refractivity contribution in [1.29, 1.82) is 0 Å². The molecule has 0 saturated heterocycles. The molecule has 0 aliphatic carbocycles. The van der Waals surface area contributed by atoms with Crippen LogP contribution < -0.4 is 9.64 Å². The lowest BCUT2D eigenvalue weighted by molar-refractivity contribution is 0.419. The van der Waals surface area contributed by atoms with Crippen molar-refractivity contribution in [2.24, 2.45) is 0 Å². The predicted octanol–water partition coefficient (Wildman–Crippen LogP) is 5.31. The smallest absolute Gasteiger partial charge is 0.155 e. The molecule has 0 bridgehead atoms. The SMILES string of the molecule is CCN(CC)c1nc(C=Cc2ccccc2Cl)nc2c(OC)cccc12. The zero-order chi connectivity index (χ0) is 18.5. The summed E-state index contributed by atoms with van der Waals surface area (Å²) < 4.78 is 5.51. The number of para-hydroxylation sites is 1. The number of nitrogens with zero attached hydrogens (tertiary/aromatic N) is 3. The van der Waals surface area contributed by atoms with E-state index in [1.54, 1.807) is 7.11 Å². The van der Waals surface area contributed by atoms with Gasteiger partial charge in [-0.3, -0.25) is 0 Å². The van der Waals surface area contributed by atoms with Crippen molar-refractivity contribution >= 4 is 40.5 Å². The van der Waals surface area contributed by atoms with Gasteiger partial charge < -0.3 is 9.64 Å². The highest BCUT2D eigenvalue weighted by Crippen LogP contribution is 2.30. The Kier molecular flexibility index (Phi) is 5.74.